The zero-order valence-corrected chi connectivity index (χ0v) is 9.58. The van der Waals surface area contributed by atoms with Gasteiger partial charge in [-0.1, -0.05) is 0 Å². The Labute approximate surface area is 98.5 Å². The van der Waals surface area contributed by atoms with Crippen LogP contribution in [0.1, 0.15) is 5.56 Å². The summed E-state index contributed by atoms with van der Waals surface area (Å²) in [4.78, 5) is 0. The molecule has 0 bridgehead atoms. The molecule has 84 valence electrons. The number of rotatable bonds is 2. The number of hydrogen-bond donors (Lipinski definition) is 1. The highest BCUT2D eigenvalue weighted by atomic mass is 79.9. The van der Waals surface area contributed by atoms with E-state index >= 15 is 0 Å². The maximum atomic E-state index is 13.6. The average Bonchev–Trinajstić information content (AvgIpc) is 2.65. The number of nitrogens with zero attached hydrogens (tertiary/aromatic N) is 2. The zero-order chi connectivity index (χ0) is 11.7. The van der Waals surface area contributed by atoms with E-state index in [-0.39, 0.29) is 22.3 Å². The van der Waals surface area contributed by atoms with Crippen LogP contribution in [0.4, 0.5) is 8.78 Å². The molecule has 0 amide bonds. The lowest BCUT2D eigenvalue weighted by molar-refractivity contribution is 0.473. The quantitative estimate of drug-likeness (QED) is 0.863. The van der Waals surface area contributed by atoms with Gasteiger partial charge in [0.05, 0.1) is 23.4 Å². The summed E-state index contributed by atoms with van der Waals surface area (Å²) in [5.41, 5.74) is -0.0996. The molecule has 0 radical (unpaired) electrons. The van der Waals surface area contributed by atoms with Gasteiger partial charge < -0.3 is 5.11 Å². The minimum atomic E-state index is -0.657. The Kier molecular flexibility index (Phi) is 2.91. The summed E-state index contributed by atoms with van der Waals surface area (Å²) in [6.07, 6.45) is 2.49. The van der Waals surface area contributed by atoms with Crippen LogP contribution in [0.25, 0.3) is 0 Å². The van der Waals surface area contributed by atoms with Crippen LogP contribution in [0.2, 0.25) is 0 Å². The highest BCUT2D eigenvalue weighted by molar-refractivity contribution is 9.10. The first-order chi connectivity index (χ1) is 7.58. The molecule has 1 heterocycles. The van der Waals surface area contributed by atoms with E-state index < -0.39 is 11.6 Å². The zero-order valence-electron chi connectivity index (χ0n) is 7.99. The lowest BCUT2D eigenvalue weighted by Gasteiger charge is -2.06. The van der Waals surface area contributed by atoms with Gasteiger partial charge in [0.15, 0.2) is 5.75 Å². The highest BCUT2D eigenvalue weighted by Crippen LogP contribution is 2.22. The van der Waals surface area contributed by atoms with Crippen molar-refractivity contribution >= 4 is 15.9 Å². The minimum absolute atomic E-state index is 0.0455. The largest absolute Gasteiger partial charge is 0.505 e. The lowest BCUT2D eigenvalue weighted by atomic mass is 10.2. The summed E-state index contributed by atoms with van der Waals surface area (Å²) >= 11 is 2.98. The third-order valence-corrected chi connectivity index (χ3v) is 2.69. The van der Waals surface area contributed by atoms with Crippen molar-refractivity contribution in [2.24, 2.45) is 0 Å². The molecule has 0 aliphatic rings. The number of aromatic nitrogens is 2. The molecule has 1 aromatic heterocycles. The van der Waals surface area contributed by atoms with E-state index in [2.05, 4.69) is 21.0 Å². The van der Waals surface area contributed by atoms with Crippen LogP contribution in [0.3, 0.4) is 0 Å². The average molecular weight is 289 g/mol. The van der Waals surface area contributed by atoms with Crippen molar-refractivity contribution in [2.45, 2.75) is 6.54 Å². The van der Waals surface area contributed by atoms with Crippen molar-refractivity contribution in [2.75, 3.05) is 0 Å². The van der Waals surface area contributed by atoms with Gasteiger partial charge in [0, 0.05) is 5.56 Å². The van der Waals surface area contributed by atoms with Gasteiger partial charge in [-0.3, -0.25) is 4.68 Å². The molecule has 0 saturated carbocycles. The Bertz CT molecular complexity index is 528. The number of hydrogen-bond acceptors (Lipinski definition) is 2. The molecule has 3 nitrogen and oxygen atoms in total. The summed E-state index contributed by atoms with van der Waals surface area (Å²) in [6.45, 7) is -0.0718. The van der Waals surface area contributed by atoms with Gasteiger partial charge in [-0.2, -0.15) is 5.10 Å². The predicted octanol–water partition coefficient (Wildman–Crippen LogP) is 2.68. The first-order valence-corrected chi connectivity index (χ1v) is 5.21. The van der Waals surface area contributed by atoms with Crippen LogP contribution in [0.5, 0.6) is 5.75 Å². The SMILES string of the molecule is Oc1cnn(Cc2c(F)ccc(Br)c2F)c1. The topological polar surface area (TPSA) is 38.1 Å². The van der Waals surface area contributed by atoms with E-state index in [1.54, 1.807) is 0 Å². The van der Waals surface area contributed by atoms with Crippen LogP contribution in [-0.4, -0.2) is 14.9 Å². The molecule has 0 fully saturated rings. The normalized spacial score (nSPS) is 10.7. The molecule has 0 saturated heterocycles. The molecule has 6 heteroatoms. The highest BCUT2D eigenvalue weighted by Gasteiger charge is 2.13. The second-order valence-corrected chi connectivity index (χ2v) is 4.07. The maximum absolute atomic E-state index is 13.6. The second kappa shape index (κ2) is 4.21. The van der Waals surface area contributed by atoms with Crippen LogP contribution in [-0.2, 0) is 6.54 Å². The summed E-state index contributed by atoms with van der Waals surface area (Å²) in [7, 11) is 0. The molecule has 2 aromatic rings. The fraction of sp³-hybridized carbons (Fsp3) is 0.100. The molecule has 0 unspecified atom stereocenters. The molecule has 1 aromatic carbocycles. The Balaban J connectivity index is 2.37. The Morgan fingerprint density at radius 3 is 2.75 bits per heavy atom. The number of aromatic hydroxyl groups is 1. The van der Waals surface area contributed by atoms with Gasteiger partial charge in [0.1, 0.15) is 11.6 Å². The van der Waals surface area contributed by atoms with Gasteiger partial charge in [-0.05, 0) is 28.1 Å². The Hall–Kier alpha value is -1.43. The second-order valence-electron chi connectivity index (χ2n) is 3.22. The first-order valence-electron chi connectivity index (χ1n) is 4.41. The first kappa shape index (κ1) is 11.1. The van der Waals surface area contributed by atoms with E-state index in [0.29, 0.717) is 0 Å². The van der Waals surface area contributed by atoms with Crippen molar-refractivity contribution in [1.29, 1.82) is 0 Å². The maximum Gasteiger partial charge on any atom is 0.153 e. The molecule has 0 aliphatic heterocycles. The fourth-order valence-corrected chi connectivity index (χ4v) is 1.69. The van der Waals surface area contributed by atoms with E-state index in [0.717, 1.165) is 0 Å². The fourth-order valence-electron chi connectivity index (χ4n) is 1.32. The Morgan fingerprint density at radius 1 is 1.38 bits per heavy atom. The van der Waals surface area contributed by atoms with E-state index in [4.69, 9.17) is 5.11 Å². The van der Waals surface area contributed by atoms with Gasteiger partial charge in [-0.15, -0.1) is 0 Å². The summed E-state index contributed by atoms with van der Waals surface area (Å²) in [6, 6.07) is 2.47. The molecular weight excluding hydrogens is 282 g/mol. The van der Waals surface area contributed by atoms with Gasteiger partial charge >= 0.3 is 0 Å². The van der Waals surface area contributed by atoms with Crippen molar-refractivity contribution < 1.29 is 13.9 Å². The molecular formula is C10H7BrF2N2O. The van der Waals surface area contributed by atoms with Crippen molar-refractivity contribution in [3.63, 3.8) is 0 Å². The van der Waals surface area contributed by atoms with Crippen LogP contribution < -0.4 is 0 Å². The summed E-state index contributed by atoms with van der Waals surface area (Å²) in [5, 5.41) is 12.8. The standard InChI is InChI=1S/C10H7BrF2N2O/c11-8-1-2-9(12)7(10(8)13)5-15-4-6(16)3-14-15/h1-4,16H,5H2. The van der Waals surface area contributed by atoms with Crippen LogP contribution >= 0.6 is 15.9 Å². The van der Waals surface area contributed by atoms with E-state index in [1.165, 1.54) is 29.2 Å². The molecule has 0 atom stereocenters. The van der Waals surface area contributed by atoms with Crippen LogP contribution in [0, 0.1) is 11.6 Å². The van der Waals surface area contributed by atoms with Gasteiger partial charge in [0.25, 0.3) is 0 Å². The van der Waals surface area contributed by atoms with E-state index in [1.807, 2.05) is 0 Å². The van der Waals surface area contributed by atoms with Crippen molar-refractivity contribution in [1.82, 2.24) is 9.78 Å². The van der Waals surface area contributed by atoms with Crippen molar-refractivity contribution in [3.05, 3.63) is 46.2 Å². The summed E-state index contributed by atoms with van der Waals surface area (Å²) in [5.74, 6) is -1.35. The molecule has 0 spiro atoms. The molecule has 1 N–H and O–H groups in total. The van der Waals surface area contributed by atoms with Crippen molar-refractivity contribution in [3.8, 4) is 5.75 Å². The van der Waals surface area contributed by atoms with Crippen LogP contribution in [0.15, 0.2) is 29.0 Å². The minimum Gasteiger partial charge on any atom is -0.505 e. The molecule has 16 heavy (non-hydrogen) atoms. The molecule has 0 aliphatic carbocycles. The molecule has 2 rings (SSSR count). The summed E-state index contributed by atoms with van der Waals surface area (Å²) < 4.78 is 28.4. The number of halogens is 3. The third kappa shape index (κ3) is 2.06. The predicted molar refractivity (Wildman–Crippen MR) is 57.1 cm³/mol. The van der Waals surface area contributed by atoms with Gasteiger partial charge in [-0.25, -0.2) is 8.78 Å². The monoisotopic (exact) mass is 288 g/mol. The smallest absolute Gasteiger partial charge is 0.153 e. The van der Waals surface area contributed by atoms with E-state index in [9.17, 15) is 8.78 Å². The Morgan fingerprint density at radius 2 is 2.12 bits per heavy atom. The van der Waals surface area contributed by atoms with Gasteiger partial charge in [0.2, 0.25) is 0 Å². The lowest BCUT2D eigenvalue weighted by Crippen LogP contribution is -2.05. The third-order valence-electron chi connectivity index (χ3n) is 2.08. The number of benzene rings is 1.